The summed E-state index contributed by atoms with van der Waals surface area (Å²) in [5.74, 6) is 1.07. The Morgan fingerprint density at radius 3 is 2.55 bits per heavy atom. The van der Waals surface area contributed by atoms with Crippen LogP contribution in [0.5, 0.6) is 11.5 Å². The summed E-state index contributed by atoms with van der Waals surface area (Å²) in [5.41, 5.74) is 0.449. The number of carbonyl (C=O) groups excluding carboxylic acids is 2. The molecule has 1 aromatic carbocycles. The maximum Gasteiger partial charge on any atom is 0.252 e. The van der Waals surface area contributed by atoms with Gasteiger partial charge in [-0.05, 0) is 30.5 Å². The molecule has 1 atom stereocenters. The number of likely N-dealkylation sites (N-methyl/N-ethyl adjacent to an activating group) is 1. The van der Waals surface area contributed by atoms with E-state index in [1.807, 2.05) is 13.8 Å². The number of hydrogen-bond donors (Lipinski definition) is 1. The average Bonchev–Trinajstić information content (AvgIpc) is 2.92. The van der Waals surface area contributed by atoms with E-state index in [0.717, 1.165) is 0 Å². The number of benzene rings is 1. The molecule has 0 fully saturated rings. The first kappa shape index (κ1) is 16.1. The molecule has 1 aliphatic rings. The van der Waals surface area contributed by atoms with Gasteiger partial charge in [-0.25, -0.2) is 0 Å². The van der Waals surface area contributed by atoms with Crippen molar-refractivity contribution in [3.63, 3.8) is 0 Å². The Kier molecular flexibility index (Phi) is 4.90. The van der Waals surface area contributed by atoms with Crippen molar-refractivity contribution in [3.05, 3.63) is 23.8 Å². The molecule has 0 unspecified atom stereocenters. The molecule has 1 heterocycles. The molecular formula is C16H22N2O4. The minimum Gasteiger partial charge on any atom is -0.454 e. The second-order valence-electron chi connectivity index (χ2n) is 5.96. The zero-order chi connectivity index (χ0) is 16.3. The molecule has 1 N–H and O–H groups in total. The van der Waals surface area contributed by atoms with Crippen molar-refractivity contribution in [2.45, 2.75) is 26.3 Å². The number of nitrogens with one attached hydrogen (secondary N) is 1. The standard InChI is InChI=1S/C16H22N2O4/c1-10(2)7-12(16(20)18(3)4)17-15(19)11-5-6-13-14(8-11)22-9-21-13/h5-6,8,10,12H,7,9H2,1-4H3,(H,17,19)/t12-/m1/s1. The summed E-state index contributed by atoms with van der Waals surface area (Å²) >= 11 is 0. The molecule has 2 amide bonds. The summed E-state index contributed by atoms with van der Waals surface area (Å²) < 4.78 is 10.5. The highest BCUT2D eigenvalue weighted by atomic mass is 16.7. The number of hydrogen-bond acceptors (Lipinski definition) is 4. The van der Waals surface area contributed by atoms with Gasteiger partial charge in [0.05, 0.1) is 0 Å². The van der Waals surface area contributed by atoms with Crippen molar-refractivity contribution in [1.29, 1.82) is 0 Å². The predicted octanol–water partition coefficient (Wildman–Crippen LogP) is 1.65. The van der Waals surface area contributed by atoms with Crippen LogP contribution in [0.4, 0.5) is 0 Å². The van der Waals surface area contributed by atoms with E-state index in [1.54, 1.807) is 32.3 Å². The summed E-state index contributed by atoms with van der Waals surface area (Å²) in [6.45, 7) is 4.20. The Morgan fingerprint density at radius 1 is 1.23 bits per heavy atom. The zero-order valence-electron chi connectivity index (χ0n) is 13.4. The second-order valence-corrected chi connectivity index (χ2v) is 5.96. The number of ether oxygens (including phenoxy) is 2. The SMILES string of the molecule is CC(C)C[C@@H](NC(=O)c1ccc2c(c1)OCO2)C(=O)N(C)C. The lowest BCUT2D eigenvalue weighted by molar-refractivity contribution is -0.131. The third-order valence-electron chi connectivity index (χ3n) is 3.39. The summed E-state index contributed by atoms with van der Waals surface area (Å²) in [4.78, 5) is 26.1. The van der Waals surface area contributed by atoms with E-state index in [0.29, 0.717) is 29.4 Å². The molecule has 0 aliphatic carbocycles. The Bertz CT molecular complexity index is 569. The van der Waals surface area contributed by atoms with Gasteiger partial charge in [0.25, 0.3) is 5.91 Å². The molecule has 120 valence electrons. The van der Waals surface area contributed by atoms with E-state index in [2.05, 4.69) is 5.32 Å². The first-order valence-electron chi connectivity index (χ1n) is 7.30. The van der Waals surface area contributed by atoms with E-state index in [4.69, 9.17) is 9.47 Å². The minimum atomic E-state index is -0.534. The van der Waals surface area contributed by atoms with E-state index in [1.165, 1.54) is 4.90 Å². The van der Waals surface area contributed by atoms with Gasteiger partial charge in [-0.3, -0.25) is 9.59 Å². The van der Waals surface area contributed by atoms with E-state index >= 15 is 0 Å². The van der Waals surface area contributed by atoms with Crippen molar-refractivity contribution < 1.29 is 19.1 Å². The van der Waals surface area contributed by atoms with Crippen LogP contribution in [0.1, 0.15) is 30.6 Å². The molecule has 0 spiro atoms. The van der Waals surface area contributed by atoms with Crippen molar-refractivity contribution in [2.24, 2.45) is 5.92 Å². The fraction of sp³-hybridized carbons (Fsp3) is 0.500. The highest BCUT2D eigenvalue weighted by molar-refractivity contribution is 5.98. The first-order chi connectivity index (χ1) is 10.4. The molecular weight excluding hydrogens is 284 g/mol. The van der Waals surface area contributed by atoms with Crippen LogP contribution in [0.3, 0.4) is 0 Å². The Hall–Kier alpha value is -2.24. The molecule has 0 saturated heterocycles. The molecule has 2 rings (SSSR count). The quantitative estimate of drug-likeness (QED) is 0.898. The number of rotatable bonds is 5. The van der Waals surface area contributed by atoms with Gasteiger partial charge in [-0.1, -0.05) is 13.8 Å². The second kappa shape index (κ2) is 6.68. The fourth-order valence-corrected chi connectivity index (χ4v) is 2.28. The highest BCUT2D eigenvalue weighted by Gasteiger charge is 2.24. The largest absolute Gasteiger partial charge is 0.454 e. The maximum atomic E-state index is 12.4. The van der Waals surface area contributed by atoms with Gasteiger partial charge >= 0.3 is 0 Å². The maximum absolute atomic E-state index is 12.4. The number of carbonyl (C=O) groups is 2. The monoisotopic (exact) mass is 306 g/mol. The zero-order valence-corrected chi connectivity index (χ0v) is 13.4. The van der Waals surface area contributed by atoms with Crippen molar-refractivity contribution in [3.8, 4) is 11.5 Å². The van der Waals surface area contributed by atoms with Gasteiger partial charge in [-0.15, -0.1) is 0 Å². The van der Waals surface area contributed by atoms with E-state index in [-0.39, 0.29) is 18.6 Å². The van der Waals surface area contributed by atoms with Crippen LogP contribution in [0.15, 0.2) is 18.2 Å². The molecule has 1 aliphatic heterocycles. The fourth-order valence-electron chi connectivity index (χ4n) is 2.28. The third-order valence-corrected chi connectivity index (χ3v) is 3.39. The molecule has 22 heavy (non-hydrogen) atoms. The molecule has 0 saturated carbocycles. The molecule has 6 nitrogen and oxygen atoms in total. The minimum absolute atomic E-state index is 0.109. The van der Waals surface area contributed by atoms with Crippen LogP contribution in [0.25, 0.3) is 0 Å². The highest BCUT2D eigenvalue weighted by Crippen LogP contribution is 2.32. The van der Waals surface area contributed by atoms with Gasteiger partial charge in [0, 0.05) is 19.7 Å². The average molecular weight is 306 g/mol. The van der Waals surface area contributed by atoms with Gasteiger partial charge in [0.1, 0.15) is 6.04 Å². The first-order valence-corrected chi connectivity index (χ1v) is 7.30. The summed E-state index contributed by atoms with van der Waals surface area (Å²) in [5, 5.41) is 2.81. The van der Waals surface area contributed by atoms with Gasteiger partial charge in [-0.2, -0.15) is 0 Å². The van der Waals surface area contributed by atoms with Crippen LogP contribution >= 0.6 is 0 Å². The molecule has 0 bridgehead atoms. The Labute approximate surface area is 130 Å². The molecule has 0 radical (unpaired) electrons. The van der Waals surface area contributed by atoms with Crippen LogP contribution in [0.2, 0.25) is 0 Å². The third kappa shape index (κ3) is 3.69. The number of amides is 2. The van der Waals surface area contributed by atoms with Gasteiger partial charge in [0.15, 0.2) is 11.5 Å². The van der Waals surface area contributed by atoms with E-state index < -0.39 is 6.04 Å². The smallest absolute Gasteiger partial charge is 0.252 e. The Morgan fingerprint density at radius 2 is 1.91 bits per heavy atom. The normalized spacial score (nSPS) is 13.9. The molecule has 1 aromatic rings. The Balaban J connectivity index is 2.11. The van der Waals surface area contributed by atoms with Gasteiger partial charge < -0.3 is 19.7 Å². The summed E-state index contributed by atoms with van der Waals surface area (Å²) in [7, 11) is 3.37. The number of nitrogens with zero attached hydrogens (tertiary/aromatic N) is 1. The van der Waals surface area contributed by atoms with Crippen molar-refractivity contribution in [2.75, 3.05) is 20.9 Å². The van der Waals surface area contributed by atoms with Crippen molar-refractivity contribution >= 4 is 11.8 Å². The summed E-state index contributed by atoms with van der Waals surface area (Å²) in [6.07, 6.45) is 0.591. The van der Waals surface area contributed by atoms with Crippen LogP contribution in [0, 0.1) is 5.92 Å². The van der Waals surface area contributed by atoms with Crippen LogP contribution < -0.4 is 14.8 Å². The lowest BCUT2D eigenvalue weighted by Gasteiger charge is -2.23. The van der Waals surface area contributed by atoms with Crippen LogP contribution in [-0.2, 0) is 4.79 Å². The van der Waals surface area contributed by atoms with E-state index in [9.17, 15) is 9.59 Å². The lowest BCUT2D eigenvalue weighted by atomic mass is 10.0. The van der Waals surface area contributed by atoms with Crippen LogP contribution in [-0.4, -0.2) is 43.6 Å². The lowest BCUT2D eigenvalue weighted by Crippen LogP contribution is -2.46. The van der Waals surface area contributed by atoms with Gasteiger partial charge in [0.2, 0.25) is 12.7 Å². The topological polar surface area (TPSA) is 67.9 Å². The number of fused-ring (bicyclic) bond motifs is 1. The predicted molar refractivity (Wildman–Crippen MR) is 82.0 cm³/mol. The van der Waals surface area contributed by atoms with Crippen molar-refractivity contribution in [1.82, 2.24) is 10.2 Å². The summed E-state index contributed by atoms with van der Waals surface area (Å²) in [6, 6.07) is 4.45. The molecule has 6 heteroatoms. The molecule has 0 aromatic heterocycles.